The molecule has 0 aliphatic rings. The molecule has 0 bridgehead atoms. The number of methoxy groups -OCH3 is 2. The van der Waals surface area contributed by atoms with E-state index in [9.17, 15) is 4.79 Å². The van der Waals surface area contributed by atoms with Crippen LogP contribution in [0, 0.1) is 6.92 Å². The molecule has 0 fully saturated rings. The molecule has 0 radical (unpaired) electrons. The van der Waals surface area contributed by atoms with E-state index >= 15 is 0 Å². The third-order valence-corrected chi connectivity index (χ3v) is 3.50. The van der Waals surface area contributed by atoms with Crippen LogP contribution in [-0.4, -0.2) is 26.7 Å². The van der Waals surface area contributed by atoms with E-state index in [1.807, 2.05) is 43.3 Å². The van der Waals surface area contributed by atoms with Crippen LogP contribution in [0.1, 0.15) is 27.5 Å². The lowest BCUT2D eigenvalue weighted by Crippen LogP contribution is -2.31. The van der Waals surface area contributed by atoms with Crippen LogP contribution in [-0.2, 0) is 4.74 Å². The molecule has 2 rings (SSSR count). The molecule has 1 atom stereocenters. The van der Waals surface area contributed by atoms with Gasteiger partial charge in [-0.1, -0.05) is 30.3 Å². The van der Waals surface area contributed by atoms with Gasteiger partial charge in [-0.05, 0) is 36.2 Å². The Morgan fingerprint density at radius 1 is 1.14 bits per heavy atom. The maximum atomic E-state index is 12.4. The molecule has 2 aromatic carbocycles. The number of carbonyl (C=O) groups excluding carboxylic acids is 1. The Balaban J connectivity index is 2.16. The van der Waals surface area contributed by atoms with E-state index in [0.717, 1.165) is 16.9 Å². The van der Waals surface area contributed by atoms with Crippen LogP contribution in [0.3, 0.4) is 0 Å². The fraction of sp³-hybridized carbons (Fsp3) is 0.278. The van der Waals surface area contributed by atoms with Crippen molar-refractivity contribution in [3.8, 4) is 5.75 Å². The first-order valence-corrected chi connectivity index (χ1v) is 7.15. The Kier molecular flexibility index (Phi) is 5.55. The largest absolute Gasteiger partial charge is 0.496 e. The lowest BCUT2D eigenvalue weighted by atomic mass is 10.1. The first kappa shape index (κ1) is 16.0. The van der Waals surface area contributed by atoms with Crippen LogP contribution in [0.5, 0.6) is 5.75 Å². The highest BCUT2D eigenvalue weighted by Crippen LogP contribution is 2.19. The standard InChI is InChI=1S/C18H21NO3/c1-13-11-15(9-10-17(13)22-3)18(20)19-16(12-21-2)14-7-5-4-6-8-14/h4-11,16H,12H2,1-3H3,(H,19,20)/t16-/m0/s1. The van der Waals surface area contributed by atoms with Crippen LogP contribution in [0.2, 0.25) is 0 Å². The average Bonchev–Trinajstić information content (AvgIpc) is 2.55. The molecule has 1 amide bonds. The highest BCUT2D eigenvalue weighted by atomic mass is 16.5. The quantitative estimate of drug-likeness (QED) is 0.891. The van der Waals surface area contributed by atoms with Crippen molar-refractivity contribution in [2.45, 2.75) is 13.0 Å². The summed E-state index contributed by atoms with van der Waals surface area (Å²) < 4.78 is 10.4. The lowest BCUT2D eigenvalue weighted by molar-refractivity contribution is 0.0896. The molecule has 0 unspecified atom stereocenters. The summed E-state index contributed by atoms with van der Waals surface area (Å²) in [7, 11) is 3.24. The topological polar surface area (TPSA) is 47.6 Å². The van der Waals surface area contributed by atoms with E-state index in [2.05, 4.69) is 5.32 Å². The van der Waals surface area contributed by atoms with Crippen LogP contribution in [0.25, 0.3) is 0 Å². The Hall–Kier alpha value is -2.33. The number of amides is 1. The van der Waals surface area contributed by atoms with Crippen molar-refractivity contribution in [1.82, 2.24) is 5.32 Å². The summed E-state index contributed by atoms with van der Waals surface area (Å²) in [5.41, 5.74) is 2.55. The van der Waals surface area contributed by atoms with Gasteiger partial charge in [0.1, 0.15) is 5.75 Å². The van der Waals surface area contributed by atoms with Crippen molar-refractivity contribution in [3.63, 3.8) is 0 Å². The minimum atomic E-state index is -0.180. The lowest BCUT2D eigenvalue weighted by Gasteiger charge is -2.18. The summed E-state index contributed by atoms with van der Waals surface area (Å²) in [5, 5.41) is 3.01. The molecule has 1 N–H and O–H groups in total. The predicted octanol–water partition coefficient (Wildman–Crippen LogP) is 3.12. The van der Waals surface area contributed by atoms with E-state index in [0.29, 0.717) is 12.2 Å². The molecular formula is C18H21NO3. The summed E-state index contributed by atoms with van der Waals surface area (Å²) in [4.78, 5) is 12.4. The highest BCUT2D eigenvalue weighted by Gasteiger charge is 2.16. The van der Waals surface area contributed by atoms with Crippen molar-refractivity contribution in [2.24, 2.45) is 0 Å². The van der Waals surface area contributed by atoms with E-state index in [-0.39, 0.29) is 11.9 Å². The van der Waals surface area contributed by atoms with Crippen molar-refractivity contribution in [1.29, 1.82) is 0 Å². The summed E-state index contributed by atoms with van der Waals surface area (Å²) in [6, 6.07) is 15.0. The molecule has 0 aromatic heterocycles. The molecule has 0 heterocycles. The Bertz CT molecular complexity index is 625. The predicted molar refractivity (Wildman–Crippen MR) is 86.3 cm³/mol. The van der Waals surface area contributed by atoms with Gasteiger partial charge in [-0.3, -0.25) is 4.79 Å². The first-order valence-electron chi connectivity index (χ1n) is 7.15. The normalized spacial score (nSPS) is 11.8. The van der Waals surface area contributed by atoms with Crippen LogP contribution in [0.4, 0.5) is 0 Å². The third kappa shape index (κ3) is 3.86. The van der Waals surface area contributed by atoms with E-state index in [1.165, 1.54) is 0 Å². The molecule has 0 spiro atoms. The molecule has 0 saturated heterocycles. The molecule has 0 aliphatic heterocycles. The Morgan fingerprint density at radius 3 is 2.45 bits per heavy atom. The van der Waals surface area contributed by atoms with Gasteiger partial charge in [0.15, 0.2) is 0 Å². The average molecular weight is 299 g/mol. The van der Waals surface area contributed by atoms with Crippen molar-refractivity contribution < 1.29 is 14.3 Å². The Morgan fingerprint density at radius 2 is 1.86 bits per heavy atom. The van der Waals surface area contributed by atoms with E-state index < -0.39 is 0 Å². The van der Waals surface area contributed by atoms with Gasteiger partial charge in [-0.25, -0.2) is 0 Å². The Labute approximate surface area is 131 Å². The monoisotopic (exact) mass is 299 g/mol. The van der Waals surface area contributed by atoms with Gasteiger partial charge in [-0.15, -0.1) is 0 Å². The number of aryl methyl sites for hydroxylation is 1. The summed E-state index contributed by atoms with van der Waals surface area (Å²) in [6.07, 6.45) is 0. The molecule has 4 heteroatoms. The van der Waals surface area contributed by atoms with Crippen molar-refractivity contribution in [2.75, 3.05) is 20.8 Å². The number of nitrogens with one attached hydrogen (secondary N) is 1. The molecule has 0 aliphatic carbocycles. The molecular weight excluding hydrogens is 278 g/mol. The van der Waals surface area contributed by atoms with E-state index in [4.69, 9.17) is 9.47 Å². The van der Waals surface area contributed by atoms with Crippen LogP contribution in [0.15, 0.2) is 48.5 Å². The van der Waals surface area contributed by atoms with Crippen LogP contribution < -0.4 is 10.1 Å². The number of ether oxygens (including phenoxy) is 2. The summed E-state index contributed by atoms with van der Waals surface area (Å²) in [6.45, 7) is 2.34. The summed E-state index contributed by atoms with van der Waals surface area (Å²) >= 11 is 0. The second-order valence-electron chi connectivity index (χ2n) is 5.08. The smallest absolute Gasteiger partial charge is 0.251 e. The van der Waals surface area contributed by atoms with Gasteiger partial charge in [0.25, 0.3) is 5.91 Å². The maximum Gasteiger partial charge on any atom is 0.251 e. The molecule has 116 valence electrons. The molecule has 0 saturated carbocycles. The zero-order chi connectivity index (χ0) is 15.9. The maximum absolute atomic E-state index is 12.4. The minimum absolute atomic E-state index is 0.128. The molecule has 4 nitrogen and oxygen atoms in total. The highest BCUT2D eigenvalue weighted by molar-refractivity contribution is 5.94. The zero-order valence-electron chi connectivity index (χ0n) is 13.1. The van der Waals surface area contributed by atoms with Crippen LogP contribution >= 0.6 is 0 Å². The van der Waals surface area contributed by atoms with Gasteiger partial charge < -0.3 is 14.8 Å². The number of carbonyl (C=O) groups is 1. The van der Waals surface area contributed by atoms with Crippen molar-refractivity contribution >= 4 is 5.91 Å². The van der Waals surface area contributed by atoms with Gasteiger partial charge >= 0.3 is 0 Å². The number of benzene rings is 2. The van der Waals surface area contributed by atoms with Gasteiger partial charge in [0.2, 0.25) is 0 Å². The second-order valence-corrected chi connectivity index (χ2v) is 5.08. The van der Waals surface area contributed by atoms with Crippen molar-refractivity contribution in [3.05, 3.63) is 65.2 Å². The second kappa shape index (κ2) is 7.61. The first-order chi connectivity index (χ1) is 10.7. The van der Waals surface area contributed by atoms with Gasteiger partial charge in [0.05, 0.1) is 19.8 Å². The number of hydrogen-bond acceptors (Lipinski definition) is 3. The van der Waals surface area contributed by atoms with Gasteiger partial charge in [0, 0.05) is 12.7 Å². The van der Waals surface area contributed by atoms with E-state index in [1.54, 1.807) is 26.4 Å². The molecule has 22 heavy (non-hydrogen) atoms. The van der Waals surface area contributed by atoms with Gasteiger partial charge in [-0.2, -0.15) is 0 Å². The number of hydrogen-bond donors (Lipinski definition) is 1. The third-order valence-electron chi connectivity index (χ3n) is 3.50. The summed E-state index contributed by atoms with van der Waals surface area (Å²) in [5.74, 6) is 0.643. The fourth-order valence-electron chi connectivity index (χ4n) is 2.33. The number of rotatable bonds is 6. The SMILES string of the molecule is COC[C@H](NC(=O)c1ccc(OC)c(C)c1)c1ccccc1. The fourth-order valence-corrected chi connectivity index (χ4v) is 2.33. The zero-order valence-corrected chi connectivity index (χ0v) is 13.1. The molecule has 2 aromatic rings. The minimum Gasteiger partial charge on any atom is -0.496 e.